The smallest absolute Gasteiger partial charge is 0.119 e. The molecule has 1 saturated heterocycles. The second kappa shape index (κ2) is 5.61. The van der Waals surface area contributed by atoms with E-state index in [0.29, 0.717) is 5.92 Å². The van der Waals surface area contributed by atoms with E-state index in [1.807, 2.05) is 12.1 Å². The zero-order chi connectivity index (χ0) is 13.1. The predicted octanol–water partition coefficient (Wildman–Crippen LogP) is 2.62. The van der Waals surface area contributed by atoms with Crippen LogP contribution in [0.2, 0.25) is 0 Å². The van der Waals surface area contributed by atoms with Crippen molar-refractivity contribution in [2.75, 3.05) is 19.8 Å². The summed E-state index contributed by atoms with van der Waals surface area (Å²) in [5.41, 5.74) is 3.06. The SMILES string of the molecule is O/N=C1/CCc2cc(OCC3CCOCC3)ccc21. The van der Waals surface area contributed by atoms with Gasteiger partial charge in [0.15, 0.2) is 0 Å². The molecule has 0 aromatic heterocycles. The van der Waals surface area contributed by atoms with Gasteiger partial charge in [-0.15, -0.1) is 0 Å². The molecule has 0 radical (unpaired) electrons. The van der Waals surface area contributed by atoms with E-state index in [-0.39, 0.29) is 0 Å². The van der Waals surface area contributed by atoms with Crippen molar-refractivity contribution >= 4 is 5.71 Å². The van der Waals surface area contributed by atoms with Crippen LogP contribution in [0.15, 0.2) is 23.4 Å². The van der Waals surface area contributed by atoms with Gasteiger partial charge >= 0.3 is 0 Å². The fraction of sp³-hybridized carbons (Fsp3) is 0.533. The van der Waals surface area contributed by atoms with Gasteiger partial charge in [-0.1, -0.05) is 5.16 Å². The Morgan fingerprint density at radius 3 is 2.89 bits per heavy atom. The van der Waals surface area contributed by atoms with Crippen molar-refractivity contribution in [2.24, 2.45) is 11.1 Å². The number of rotatable bonds is 3. The normalized spacial score (nSPS) is 21.6. The summed E-state index contributed by atoms with van der Waals surface area (Å²) in [6.07, 6.45) is 3.93. The van der Waals surface area contributed by atoms with E-state index in [1.54, 1.807) is 0 Å². The minimum absolute atomic E-state index is 0.608. The first-order valence-electron chi connectivity index (χ1n) is 6.91. The molecule has 0 unspecified atom stereocenters. The highest BCUT2D eigenvalue weighted by atomic mass is 16.5. The third-order valence-corrected chi connectivity index (χ3v) is 3.97. The molecule has 0 atom stereocenters. The minimum Gasteiger partial charge on any atom is -0.493 e. The van der Waals surface area contributed by atoms with E-state index in [1.165, 1.54) is 5.56 Å². The Morgan fingerprint density at radius 2 is 2.11 bits per heavy atom. The summed E-state index contributed by atoms with van der Waals surface area (Å²) in [6, 6.07) is 6.04. The fourth-order valence-corrected chi connectivity index (χ4v) is 2.77. The van der Waals surface area contributed by atoms with Crippen LogP contribution in [-0.2, 0) is 11.2 Å². The van der Waals surface area contributed by atoms with E-state index < -0.39 is 0 Å². The molecule has 19 heavy (non-hydrogen) atoms. The Hall–Kier alpha value is -1.55. The van der Waals surface area contributed by atoms with Crippen LogP contribution in [0, 0.1) is 5.92 Å². The standard InChI is InChI=1S/C15H19NO3/c17-16-15-4-1-12-9-13(2-3-14(12)15)19-10-11-5-7-18-8-6-11/h2-3,9,11,17H,1,4-8,10H2/b16-15-. The molecule has 1 aromatic rings. The largest absolute Gasteiger partial charge is 0.493 e. The molecule has 0 amide bonds. The molecule has 1 N–H and O–H groups in total. The zero-order valence-corrected chi connectivity index (χ0v) is 11.0. The summed E-state index contributed by atoms with van der Waals surface area (Å²) in [4.78, 5) is 0. The number of hydrogen-bond acceptors (Lipinski definition) is 4. The maximum absolute atomic E-state index is 8.90. The van der Waals surface area contributed by atoms with E-state index in [0.717, 1.165) is 62.5 Å². The molecule has 1 aliphatic carbocycles. The van der Waals surface area contributed by atoms with Gasteiger partial charge < -0.3 is 14.7 Å². The van der Waals surface area contributed by atoms with Crippen LogP contribution in [0.3, 0.4) is 0 Å². The molecule has 1 heterocycles. The Balaban J connectivity index is 1.63. The number of hydrogen-bond donors (Lipinski definition) is 1. The summed E-state index contributed by atoms with van der Waals surface area (Å²) < 4.78 is 11.2. The highest BCUT2D eigenvalue weighted by Gasteiger charge is 2.19. The van der Waals surface area contributed by atoms with Crippen molar-refractivity contribution in [1.29, 1.82) is 0 Å². The van der Waals surface area contributed by atoms with Gasteiger partial charge in [0.25, 0.3) is 0 Å². The molecule has 3 rings (SSSR count). The van der Waals surface area contributed by atoms with Crippen molar-refractivity contribution in [3.05, 3.63) is 29.3 Å². The number of aryl methyl sites for hydroxylation is 1. The first kappa shape index (κ1) is 12.5. The van der Waals surface area contributed by atoms with Gasteiger partial charge in [-0.3, -0.25) is 0 Å². The van der Waals surface area contributed by atoms with Crippen molar-refractivity contribution in [1.82, 2.24) is 0 Å². The summed E-state index contributed by atoms with van der Waals surface area (Å²) in [7, 11) is 0. The Morgan fingerprint density at radius 1 is 1.26 bits per heavy atom. The van der Waals surface area contributed by atoms with Crippen molar-refractivity contribution < 1.29 is 14.7 Å². The van der Waals surface area contributed by atoms with E-state index >= 15 is 0 Å². The summed E-state index contributed by atoms with van der Waals surface area (Å²) in [5, 5.41) is 12.2. The molecule has 2 aliphatic rings. The van der Waals surface area contributed by atoms with Crippen LogP contribution in [0.4, 0.5) is 0 Å². The Bertz CT molecular complexity index is 478. The number of oxime groups is 1. The summed E-state index contributed by atoms with van der Waals surface area (Å²) in [6.45, 7) is 2.48. The van der Waals surface area contributed by atoms with Gasteiger partial charge in [0.2, 0.25) is 0 Å². The van der Waals surface area contributed by atoms with Crippen molar-refractivity contribution in [2.45, 2.75) is 25.7 Å². The van der Waals surface area contributed by atoms with Gasteiger partial charge in [-0.25, -0.2) is 0 Å². The average molecular weight is 261 g/mol. The molecule has 0 bridgehead atoms. The van der Waals surface area contributed by atoms with Gasteiger partial charge in [-0.05, 0) is 55.4 Å². The highest BCUT2D eigenvalue weighted by molar-refractivity contribution is 6.04. The molecule has 102 valence electrons. The van der Waals surface area contributed by atoms with E-state index in [9.17, 15) is 0 Å². The Labute approximate surface area is 113 Å². The number of ether oxygens (including phenoxy) is 2. The molecular weight excluding hydrogens is 242 g/mol. The molecular formula is C15H19NO3. The molecule has 4 heteroatoms. The van der Waals surface area contributed by atoms with Gasteiger partial charge in [0.05, 0.1) is 12.3 Å². The van der Waals surface area contributed by atoms with Crippen LogP contribution in [0.5, 0.6) is 5.75 Å². The van der Waals surface area contributed by atoms with Crippen LogP contribution < -0.4 is 4.74 Å². The molecule has 1 fully saturated rings. The van der Waals surface area contributed by atoms with E-state index in [2.05, 4.69) is 11.2 Å². The maximum Gasteiger partial charge on any atom is 0.119 e. The van der Waals surface area contributed by atoms with Crippen LogP contribution >= 0.6 is 0 Å². The lowest BCUT2D eigenvalue weighted by Crippen LogP contribution is -2.21. The van der Waals surface area contributed by atoms with Crippen LogP contribution in [0.25, 0.3) is 0 Å². The third kappa shape index (κ3) is 2.73. The summed E-state index contributed by atoms with van der Waals surface area (Å²) >= 11 is 0. The van der Waals surface area contributed by atoms with Crippen molar-refractivity contribution in [3.8, 4) is 5.75 Å². The topological polar surface area (TPSA) is 51.1 Å². The second-order valence-corrected chi connectivity index (χ2v) is 5.23. The maximum atomic E-state index is 8.90. The lowest BCUT2D eigenvalue weighted by Gasteiger charge is -2.22. The van der Waals surface area contributed by atoms with Gasteiger partial charge in [0, 0.05) is 18.8 Å². The van der Waals surface area contributed by atoms with E-state index in [4.69, 9.17) is 14.7 Å². The van der Waals surface area contributed by atoms with Gasteiger partial charge in [-0.2, -0.15) is 0 Å². The molecule has 1 aliphatic heterocycles. The quantitative estimate of drug-likeness (QED) is 0.672. The Kier molecular flexibility index (Phi) is 3.69. The molecule has 0 saturated carbocycles. The summed E-state index contributed by atoms with van der Waals surface area (Å²) in [5.74, 6) is 1.53. The third-order valence-electron chi connectivity index (χ3n) is 3.97. The predicted molar refractivity (Wildman–Crippen MR) is 72.1 cm³/mol. The highest BCUT2D eigenvalue weighted by Crippen LogP contribution is 2.27. The number of benzene rings is 1. The zero-order valence-electron chi connectivity index (χ0n) is 11.0. The van der Waals surface area contributed by atoms with Crippen LogP contribution in [-0.4, -0.2) is 30.7 Å². The first-order valence-corrected chi connectivity index (χ1v) is 6.91. The molecule has 1 aromatic carbocycles. The minimum atomic E-state index is 0.608. The lowest BCUT2D eigenvalue weighted by molar-refractivity contribution is 0.0497. The number of fused-ring (bicyclic) bond motifs is 1. The lowest BCUT2D eigenvalue weighted by atomic mass is 10.0. The van der Waals surface area contributed by atoms with Crippen molar-refractivity contribution in [3.63, 3.8) is 0 Å². The second-order valence-electron chi connectivity index (χ2n) is 5.23. The monoisotopic (exact) mass is 261 g/mol. The van der Waals surface area contributed by atoms with Crippen LogP contribution in [0.1, 0.15) is 30.4 Å². The molecule has 4 nitrogen and oxygen atoms in total. The fourth-order valence-electron chi connectivity index (χ4n) is 2.77. The first-order chi connectivity index (χ1) is 9.36. The molecule has 0 spiro atoms. The van der Waals surface area contributed by atoms with Gasteiger partial charge in [0.1, 0.15) is 5.75 Å². The average Bonchev–Trinajstić information content (AvgIpc) is 2.88. The number of nitrogens with zero attached hydrogens (tertiary/aromatic N) is 1.